The second-order valence-corrected chi connectivity index (χ2v) is 7.58. The summed E-state index contributed by atoms with van der Waals surface area (Å²) in [4.78, 5) is 4.60. The molecule has 3 rings (SSSR count). The lowest BCUT2D eigenvalue weighted by Crippen LogP contribution is -2.34. The summed E-state index contributed by atoms with van der Waals surface area (Å²) in [6.45, 7) is 2.08. The zero-order valence-electron chi connectivity index (χ0n) is 13.4. The van der Waals surface area contributed by atoms with E-state index in [0.717, 1.165) is 25.7 Å². The van der Waals surface area contributed by atoms with Gasteiger partial charge in [0.2, 0.25) is 10.0 Å². The highest BCUT2D eigenvalue weighted by Gasteiger charge is 2.36. The van der Waals surface area contributed by atoms with Crippen LogP contribution in [-0.4, -0.2) is 25.1 Å². The van der Waals surface area contributed by atoms with Gasteiger partial charge in [-0.3, -0.25) is 0 Å². The second-order valence-electron chi connectivity index (χ2n) is 5.81. The summed E-state index contributed by atoms with van der Waals surface area (Å²) in [5.41, 5.74) is 6.48. The molecule has 0 aliphatic heterocycles. The molecule has 1 aromatic carbocycles. The third-order valence-corrected chi connectivity index (χ3v) is 5.67. The Hall–Kier alpha value is -1.48. The Bertz CT molecular complexity index is 783. The lowest BCUT2D eigenvalue weighted by Gasteiger charge is -2.17. The van der Waals surface area contributed by atoms with E-state index < -0.39 is 15.6 Å². The molecule has 0 radical (unpaired) electrons. The van der Waals surface area contributed by atoms with Crippen LogP contribution in [0.3, 0.4) is 0 Å². The van der Waals surface area contributed by atoms with E-state index in [4.69, 9.17) is 10.3 Å². The number of rotatable bonds is 5. The minimum atomic E-state index is -3.46. The lowest BCUT2D eigenvalue weighted by atomic mass is 9.99. The van der Waals surface area contributed by atoms with Crippen molar-refractivity contribution in [1.82, 2.24) is 14.9 Å². The number of nitrogens with zero attached hydrogens (tertiary/aromatic N) is 2. The van der Waals surface area contributed by atoms with E-state index in [1.54, 1.807) is 19.1 Å². The molecule has 1 fully saturated rings. The van der Waals surface area contributed by atoms with Crippen LogP contribution >= 0.6 is 12.4 Å². The van der Waals surface area contributed by atoms with Crippen molar-refractivity contribution >= 4 is 22.4 Å². The first-order chi connectivity index (χ1) is 10.9. The van der Waals surface area contributed by atoms with Crippen molar-refractivity contribution in [3.8, 4) is 11.5 Å². The number of aromatic nitrogens is 2. The van der Waals surface area contributed by atoms with Crippen molar-refractivity contribution in [2.75, 3.05) is 6.54 Å². The first-order valence-corrected chi connectivity index (χ1v) is 9.16. The van der Waals surface area contributed by atoms with Gasteiger partial charge in [0.25, 0.3) is 5.89 Å². The highest BCUT2D eigenvalue weighted by molar-refractivity contribution is 7.89. The van der Waals surface area contributed by atoms with Crippen LogP contribution in [-0.2, 0) is 15.6 Å². The van der Waals surface area contributed by atoms with E-state index in [0.29, 0.717) is 23.8 Å². The first kappa shape index (κ1) is 18.9. The molecule has 24 heavy (non-hydrogen) atoms. The number of nitrogens with two attached hydrogens (primary N) is 1. The summed E-state index contributed by atoms with van der Waals surface area (Å²) in [5, 5.41) is 4.01. The second kappa shape index (κ2) is 7.18. The van der Waals surface area contributed by atoms with Crippen molar-refractivity contribution in [1.29, 1.82) is 0 Å². The molecule has 1 aliphatic carbocycles. The van der Waals surface area contributed by atoms with Gasteiger partial charge in [-0.1, -0.05) is 24.9 Å². The fourth-order valence-corrected chi connectivity index (χ4v) is 3.86. The fourth-order valence-electron chi connectivity index (χ4n) is 2.82. The van der Waals surface area contributed by atoms with Crippen molar-refractivity contribution in [3.05, 3.63) is 30.1 Å². The van der Waals surface area contributed by atoms with Gasteiger partial charge in [-0.2, -0.15) is 4.98 Å². The monoisotopic (exact) mass is 372 g/mol. The quantitative estimate of drug-likeness (QED) is 0.832. The fraction of sp³-hybridized carbons (Fsp3) is 0.467. The van der Waals surface area contributed by atoms with Gasteiger partial charge in [0.15, 0.2) is 5.82 Å². The zero-order valence-corrected chi connectivity index (χ0v) is 15.0. The summed E-state index contributed by atoms with van der Waals surface area (Å²) in [7, 11) is -3.46. The summed E-state index contributed by atoms with van der Waals surface area (Å²) in [6, 6.07) is 6.34. The van der Waals surface area contributed by atoms with Crippen molar-refractivity contribution < 1.29 is 12.9 Å². The maximum absolute atomic E-state index is 11.9. The summed E-state index contributed by atoms with van der Waals surface area (Å²) in [6.07, 6.45) is 3.84. The van der Waals surface area contributed by atoms with Crippen LogP contribution in [0.15, 0.2) is 33.7 Å². The predicted octanol–water partition coefficient (Wildman–Crippen LogP) is 2.18. The smallest absolute Gasteiger partial charge is 0.257 e. The van der Waals surface area contributed by atoms with Gasteiger partial charge < -0.3 is 10.3 Å². The zero-order chi connectivity index (χ0) is 16.5. The van der Waals surface area contributed by atoms with E-state index >= 15 is 0 Å². The normalized spacial score (nSPS) is 16.8. The van der Waals surface area contributed by atoms with Crippen LogP contribution in [0.2, 0.25) is 0 Å². The number of halogens is 1. The number of benzene rings is 1. The topological polar surface area (TPSA) is 111 Å². The molecule has 0 atom stereocenters. The third-order valence-electron chi connectivity index (χ3n) is 4.11. The average Bonchev–Trinajstić information content (AvgIpc) is 3.17. The summed E-state index contributed by atoms with van der Waals surface area (Å²) >= 11 is 0. The molecule has 2 aromatic rings. The van der Waals surface area contributed by atoms with E-state index in [1.807, 2.05) is 0 Å². The maximum atomic E-state index is 11.9. The van der Waals surface area contributed by atoms with E-state index in [1.165, 1.54) is 12.1 Å². The molecule has 3 N–H and O–H groups in total. The Kier molecular flexibility index (Phi) is 5.64. The van der Waals surface area contributed by atoms with Gasteiger partial charge in [-0.25, -0.2) is 13.1 Å². The lowest BCUT2D eigenvalue weighted by molar-refractivity contribution is 0.372. The number of hydrogen-bond donors (Lipinski definition) is 2. The molecule has 1 aromatic heterocycles. The van der Waals surface area contributed by atoms with Gasteiger partial charge in [0.1, 0.15) is 0 Å². The predicted molar refractivity (Wildman–Crippen MR) is 92.2 cm³/mol. The van der Waals surface area contributed by atoms with Crippen LogP contribution in [0.4, 0.5) is 0 Å². The Morgan fingerprint density at radius 3 is 2.46 bits per heavy atom. The van der Waals surface area contributed by atoms with Crippen LogP contribution in [0, 0.1) is 0 Å². The van der Waals surface area contributed by atoms with Crippen molar-refractivity contribution in [2.45, 2.75) is 43.0 Å². The third kappa shape index (κ3) is 3.61. The van der Waals surface area contributed by atoms with Gasteiger partial charge >= 0.3 is 0 Å². The molecular formula is C15H21ClN4O3S. The Balaban J connectivity index is 0.00000208. The molecule has 0 unspecified atom stereocenters. The van der Waals surface area contributed by atoms with Crippen LogP contribution in [0.1, 0.15) is 38.4 Å². The molecule has 0 amide bonds. The van der Waals surface area contributed by atoms with E-state index in [-0.39, 0.29) is 17.3 Å². The van der Waals surface area contributed by atoms with E-state index in [9.17, 15) is 8.42 Å². The van der Waals surface area contributed by atoms with Gasteiger partial charge in [0.05, 0.1) is 10.4 Å². The molecule has 9 heteroatoms. The minimum absolute atomic E-state index is 0. The van der Waals surface area contributed by atoms with Crippen LogP contribution in [0.25, 0.3) is 11.5 Å². The number of hydrogen-bond acceptors (Lipinski definition) is 6. The average molecular weight is 373 g/mol. The number of nitrogens with one attached hydrogen (secondary N) is 1. The SMILES string of the molecule is CCNS(=O)(=O)c1ccc(-c2nc(C3(N)CCCC3)no2)cc1.Cl. The Labute approximate surface area is 147 Å². The van der Waals surface area contributed by atoms with Gasteiger partial charge in [-0.15, -0.1) is 12.4 Å². The molecule has 0 saturated heterocycles. The molecule has 0 spiro atoms. The van der Waals surface area contributed by atoms with Gasteiger partial charge in [0, 0.05) is 12.1 Å². The maximum Gasteiger partial charge on any atom is 0.257 e. The van der Waals surface area contributed by atoms with Crippen molar-refractivity contribution in [3.63, 3.8) is 0 Å². The Morgan fingerprint density at radius 1 is 1.25 bits per heavy atom. The molecule has 1 aliphatic rings. The molecule has 1 saturated carbocycles. The first-order valence-electron chi connectivity index (χ1n) is 7.68. The van der Waals surface area contributed by atoms with Crippen LogP contribution in [0.5, 0.6) is 0 Å². The van der Waals surface area contributed by atoms with E-state index in [2.05, 4.69) is 14.9 Å². The highest BCUT2D eigenvalue weighted by Crippen LogP contribution is 2.35. The highest BCUT2D eigenvalue weighted by atomic mass is 35.5. The summed E-state index contributed by atoms with van der Waals surface area (Å²) < 4.78 is 31.6. The minimum Gasteiger partial charge on any atom is -0.334 e. The molecule has 0 bridgehead atoms. The summed E-state index contributed by atoms with van der Waals surface area (Å²) in [5.74, 6) is 0.874. The van der Waals surface area contributed by atoms with Gasteiger partial charge in [-0.05, 0) is 37.1 Å². The number of sulfonamides is 1. The standard InChI is InChI=1S/C15H20N4O3S.ClH/c1-2-17-23(20,21)12-7-5-11(6-8-12)13-18-14(19-22-13)15(16)9-3-4-10-15;/h5-8,17H,2-4,9-10,16H2,1H3;1H. The Morgan fingerprint density at radius 2 is 1.88 bits per heavy atom. The molecule has 1 heterocycles. The molecule has 132 valence electrons. The molecular weight excluding hydrogens is 352 g/mol. The van der Waals surface area contributed by atoms with Crippen LogP contribution < -0.4 is 10.5 Å². The molecule has 7 nitrogen and oxygen atoms in total. The van der Waals surface area contributed by atoms with Crippen molar-refractivity contribution in [2.24, 2.45) is 5.73 Å². The largest absolute Gasteiger partial charge is 0.334 e.